The molecular weight excluding hydrogens is 450 g/mol. The maximum atomic E-state index is 13.5. The second-order valence-corrected chi connectivity index (χ2v) is 8.55. The van der Waals surface area contributed by atoms with Crippen molar-refractivity contribution in [2.45, 2.75) is 20.8 Å². The molecule has 0 bridgehead atoms. The normalized spacial score (nSPS) is 10.7. The highest BCUT2D eigenvalue weighted by Crippen LogP contribution is 2.35. The standard InChI is InChI=1S/C26H23N3O4S/c1-4-33-26(32)21-16(2)23(17(3)30)34-25(21)27-24(31)20-15-29(19-13-9-6-10-14-19)28-22(20)18-11-7-5-8-12-18/h5-15H,4H2,1-3H3,(H,27,31). The van der Waals surface area contributed by atoms with Gasteiger partial charge in [-0.15, -0.1) is 11.3 Å². The number of nitrogens with one attached hydrogen (secondary N) is 1. The molecule has 4 aromatic rings. The number of esters is 1. The van der Waals surface area contributed by atoms with E-state index in [1.54, 1.807) is 24.7 Å². The number of carbonyl (C=O) groups is 3. The number of benzene rings is 2. The van der Waals surface area contributed by atoms with Gasteiger partial charge < -0.3 is 10.1 Å². The van der Waals surface area contributed by atoms with Gasteiger partial charge in [0.1, 0.15) is 10.7 Å². The van der Waals surface area contributed by atoms with Crippen molar-refractivity contribution in [3.63, 3.8) is 0 Å². The van der Waals surface area contributed by atoms with Gasteiger partial charge in [0, 0.05) is 11.8 Å². The van der Waals surface area contributed by atoms with Crippen molar-refractivity contribution >= 4 is 34.0 Å². The van der Waals surface area contributed by atoms with Crippen molar-refractivity contribution in [3.05, 3.63) is 88.4 Å². The van der Waals surface area contributed by atoms with Crippen LogP contribution in [0.15, 0.2) is 66.9 Å². The number of nitrogens with zero attached hydrogens (tertiary/aromatic N) is 2. The molecule has 34 heavy (non-hydrogen) atoms. The minimum atomic E-state index is -0.581. The van der Waals surface area contributed by atoms with Gasteiger partial charge in [-0.3, -0.25) is 9.59 Å². The molecule has 8 heteroatoms. The van der Waals surface area contributed by atoms with Crippen LogP contribution < -0.4 is 5.32 Å². The van der Waals surface area contributed by atoms with E-state index >= 15 is 0 Å². The minimum Gasteiger partial charge on any atom is -0.462 e. The highest BCUT2D eigenvalue weighted by molar-refractivity contribution is 7.18. The molecule has 0 aliphatic carbocycles. The first kappa shape index (κ1) is 23.1. The summed E-state index contributed by atoms with van der Waals surface area (Å²) in [5, 5.41) is 7.77. The molecule has 0 spiro atoms. The molecule has 0 saturated heterocycles. The van der Waals surface area contributed by atoms with Crippen LogP contribution in [0.1, 0.15) is 49.8 Å². The molecule has 2 aromatic carbocycles. The number of Topliss-reactive ketones (excluding diaryl/α,β-unsaturated/α-hetero) is 1. The fraction of sp³-hybridized carbons (Fsp3) is 0.154. The van der Waals surface area contributed by atoms with Crippen molar-refractivity contribution in [2.24, 2.45) is 0 Å². The lowest BCUT2D eigenvalue weighted by molar-refractivity contribution is 0.0527. The van der Waals surface area contributed by atoms with Crippen LogP contribution in [0.5, 0.6) is 0 Å². The Bertz CT molecular complexity index is 1360. The Labute approximate surface area is 201 Å². The van der Waals surface area contributed by atoms with Crippen LogP contribution in [-0.2, 0) is 4.74 Å². The number of carbonyl (C=O) groups excluding carboxylic acids is 3. The summed E-state index contributed by atoms with van der Waals surface area (Å²) in [5.41, 5.74) is 3.10. The molecule has 0 radical (unpaired) electrons. The van der Waals surface area contributed by atoms with Crippen LogP contribution in [0, 0.1) is 6.92 Å². The second kappa shape index (κ2) is 9.84. The van der Waals surface area contributed by atoms with E-state index in [0.717, 1.165) is 22.6 Å². The number of rotatable bonds is 7. The van der Waals surface area contributed by atoms with Gasteiger partial charge in [-0.25, -0.2) is 9.48 Å². The Morgan fingerprint density at radius 1 is 1.03 bits per heavy atom. The highest BCUT2D eigenvalue weighted by Gasteiger charge is 2.27. The topological polar surface area (TPSA) is 90.3 Å². The third-order valence-corrected chi connectivity index (χ3v) is 6.51. The Balaban J connectivity index is 1.78. The van der Waals surface area contributed by atoms with Crippen molar-refractivity contribution < 1.29 is 19.1 Å². The lowest BCUT2D eigenvalue weighted by atomic mass is 10.1. The van der Waals surface area contributed by atoms with Gasteiger partial charge in [0.15, 0.2) is 5.78 Å². The zero-order valence-electron chi connectivity index (χ0n) is 19.0. The van der Waals surface area contributed by atoms with E-state index in [0.29, 0.717) is 21.7 Å². The smallest absolute Gasteiger partial charge is 0.341 e. The van der Waals surface area contributed by atoms with Crippen LogP contribution in [0.4, 0.5) is 5.00 Å². The molecule has 2 aromatic heterocycles. The number of hydrogen-bond acceptors (Lipinski definition) is 6. The summed E-state index contributed by atoms with van der Waals surface area (Å²) in [5.74, 6) is -1.21. The lowest BCUT2D eigenvalue weighted by Crippen LogP contribution is -2.15. The first-order chi connectivity index (χ1) is 16.4. The number of anilines is 1. The molecule has 0 saturated carbocycles. The van der Waals surface area contributed by atoms with Crippen LogP contribution >= 0.6 is 11.3 Å². The molecule has 172 valence electrons. The van der Waals surface area contributed by atoms with E-state index < -0.39 is 11.9 Å². The average molecular weight is 474 g/mol. The minimum absolute atomic E-state index is 0.179. The molecule has 0 aliphatic heterocycles. The molecule has 1 amide bonds. The number of aromatic nitrogens is 2. The van der Waals surface area contributed by atoms with E-state index in [-0.39, 0.29) is 23.0 Å². The molecule has 0 aliphatic rings. The monoisotopic (exact) mass is 473 g/mol. The lowest BCUT2D eigenvalue weighted by Gasteiger charge is -2.07. The van der Waals surface area contributed by atoms with Crippen LogP contribution in [0.3, 0.4) is 0 Å². The molecule has 4 rings (SSSR count). The molecule has 0 atom stereocenters. The number of thiophene rings is 1. The second-order valence-electron chi connectivity index (χ2n) is 7.53. The molecule has 7 nitrogen and oxygen atoms in total. The first-order valence-corrected chi connectivity index (χ1v) is 11.6. The quantitative estimate of drug-likeness (QED) is 0.281. The molecule has 1 N–H and O–H groups in total. The van der Waals surface area contributed by atoms with Gasteiger partial charge in [0.2, 0.25) is 0 Å². The summed E-state index contributed by atoms with van der Waals surface area (Å²) in [6.07, 6.45) is 1.66. The first-order valence-electron chi connectivity index (χ1n) is 10.7. The van der Waals surface area contributed by atoms with Gasteiger partial charge in [-0.2, -0.15) is 5.10 Å². The molecular formula is C26H23N3O4S. The van der Waals surface area contributed by atoms with Crippen LogP contribution in [0.2, 0.25) is 0 Å². The summed E-state index contributed by atoms with van der Waals surface area (Å²) in [4.78, 5) is 38.6. The maximum Gasteiger partial charge on any atom is 0.341 e. The maximum absolute atomic E-state index is 13.5. The van der Waals surface area contributed by atoms with E-state index in [9.17, 15) is 14.4 Å². The fourth-order valence-electron chi connectivity index (χ4n) is 3.62. The summed E-state index contributed by atoms with van der Waals surface area (Å²) in [6, 6.07) is 18.9. The summed E-state index contributed by atoms with van der Waals surface area (Å²) < 4.78 is 6.82. The predicted octanol–water partition coefficient (Wildman–Crippen LogP) is 5.54. The van der Waals surface area contributed by atoms with Crippen molar-refractivity contribution in [2.75, 3.05) is 11.9 Å². The Morgan fingerprint density at radius 2 is 1.68 bits per heavy atom. The average Bonchev–Trinajstić information content (AvgIpc) is 3.42. The fourth-order valence-corrected chi connectivity index (χ4v) is 4.70. The Morgan fingerprint density at radius 3 is 2.29 bits per heavy atom. The number of amides is 1. The van der Waals surface area contributed by atoms with E-state index in [1.165, 1.54) is 6.92 Å². The van der Waals surface area contributed by atoms with Crippen molar-refractivity contribution in [1.29, 1.82) is 0 Å². The molecule has 0 fully saturated rings. The van der Waals surface area contributed by atoms with Crippen LogP contribution in [0.25, 0.3) is 16.9 Å². The number of para-hydroxylation sites is 1. The third kappa shape index (κ3) is 4.53. The Kier molecular flexibility index (Phi) is 6.70. The number of hydrogen-bond donors (Lipinski definition) is 1. The summed E-state index contributed by atoms with van der Waals surface area (Å²) in [7, 11) is 0. The zero-order chi connectivity index (χ0) is 24.2. The van der Waals surface area contributed by atoms with E-state index in [1.807, 2.05) is 60.7 Å². The molecule has 0 unspecified atom stereocenters. The van der Waals surface area contributed by atoms with Gasteiger partial charge in [0.25, 0.3) is 5.91 Å². The van der Waals surface area contributed by atoms with Gasteiger partial charge >= 0.3 is 5.97 Å². The Hall–Kier alpha value is -4.04. The number of ketones is 1. The van der Waals surface area contributed by atoms with Crippen molar-refractivity contribution in [1.82, 2.24) is 9.78 Å². The van der Waals surface area contributed by atoms with Crippen LogP contribution in [-0.4, -0.2) is 34.0 Å². The van der Waals surface area contributed by atoms with Gasteiger partial charge in [-0.05, 0) is 38.5 Å². The van der Waals surface area contributed by atoms with E-state index in [2.05, 4.69) is 10.4 Å². The van der Waals surface area contributed by atoms with Gasteiger partial charge in [0.05, 0.1) is 28.3 Å². The SMILES string of the molecule is CCOC(=O)c1c(NC(=O)c2cn(-c3ccccc3)nc2-c2ccccc2)sc(C(C)=O)c1C. The predicted molar refractivity (Wildman–Crippen MR) is 132 cm³/mol. The summed E-state index contributed by atoms with van der Waals surface area (Å²) >= 11 is 1.07. The van der Waals surface area contributed by atoms with Gasteiger partial charge in [-0.1, -0.05) is 48.5 Å². The third-order valence-electron chi connectivity index (χ3n) is 5.20. The van der Waals surface area contributed by atoms with E-state index in [4.69, 9.17) is 4.74 Å². The molecule has 2 heterocycles. The van der Waals surface area contributed by atoms with Crippen molar-refractivity contribution in [3.8, 4) is 16.9 Å². The number of ether oxygens (including phenoxy) is 1. The highest BCUT2D eigenvalue weighted by atomic mass is 32.1. The summed E-state index contributed by atoms with van der Waals surface area (Å²) in [6.45, 7) is 4.99. The largest absolute Gasteiger partial charge is 0.462 e. The zero-order valence-corrected chi connectivity index (χ0v) is 19.8.